The van der Waals surface area contributed by atoms with E-state index in [-0.39, 0.29) is 19.3 Å². The Hall–Kier alpha value is -1.24. The van der Waals surface area contributed by atoms with E-state index < -0.39 is 49.3 Å². The molecule has 0 aromatic rings. The zero-order valence-electron chi connectivity index (χ0n) is 19.4. The molecule has 0 saturated carbocycles. The Kier molecular flexibility index (Phi) is 14.1. The Morgan fingerprint density at radius 2 is 1.91 bits per heavy atom. The molecule has 1 saturated heterocycles. The molecule has 1 aliphatic rings. The number of aliphatic hydroxyl groups excluding tert-OH is 2. The minimum Gasteiger partial charge on any atom is -0.394 e. The normalized spacial score (nSPS) is 26.7. The summed E-state index contributed by atoms with van der Waals surface area (Å²) in [6, 6.07) is -1.47. The van der Waals surface area contributed by atoms with Gasteiger partial charge in [-0.2, -0.15) is 13.2 Å². The quantitative estimate of drug-likeness (QED) is 0.228. The molecule has 1 fully saturated rings. The van der Waals surface area contributed by atoms with Crippen LogP contribution in [-0.2, 0) is 23.7 Å². The number of hydrogen-bond acceptors (Lipinski definition) is 7. The SMILES string of the molecule is C=CCO[C@H]1O[C@H](CO)[C@@H](O)[C@H](OCCC(CCCCCCC)OC)[C@H]1NC(=O)C(F)(F)F. The van der Waals surface area contributed by atoms with Gasteiger partial charge >= 0.3 is 12.1 Å². The van der Waals surface area contributed by atoms with Gasteiger partial charge in [-0.1, -0.05) is 45.1 Å². The van der Waals surface area contributed by atoms with E-state index in [0.29, 0.717) is 6.42 Å². The van der Waals surface area contributed by atoms with Crippen molar-refractivity contribution >= 4 is 5.91 Å². The summed E-state index contributed by atoms with van der Waals surface area (Å²) in [6.07, 6.45) is -2.50. The number of nitrogens with one attached hydrogen (secondary N) is 1. The molecule has 0 aromatic carbocycles. The van der Waals surface area contributed by atoms with E-state index in [1.165, 1.54) is 12.5 Å². The number of ether oxygens (including phenoxy) is 4. The van der Waals surface area contributed by atoms with Gasteiger partial charge in [0.2, 0.25) is 0 Å². The summed E-state index contributed by atoms with van der Waals surface area (Å²) in [7, 11) is 1.58. The van der Waals surface area contributed by atoms with Gasteiger partial charge in [-0.05, 0) is 12.8 Å². The maximum absolute atomic E-state index is 12.9. The second-order valence-corrected chi connectivity index (χ2v) is 8.02. The van der Waals surface area contributed by atoms with Gasteiger partial charge in [0, 0.05) is 13.7 Å². The molecular formula is C22H38F3NO7. The van der Waals surface area contributed by atoms with Crippen LogP contribution in [0.4, 0.5) is 13.2 Å². The second kappa shape index (κ2) is 15.6. The number of amides is 1. The number of rotatable bonds is 16. The van der Waals surface area contributed by atoms with Crippen LogP contribution >= 0.6 is 0 Å². The standard InChI is InChI=1S/C22H38F3NO7/c1-4-6-7-8-9-10-15(30-3)11-13-31-19-17(26-21(29)22(23,24)25)20(32-12-5-2)33-16(14-27)18(19)28/h5,15-20,27-28H,2,4,6-14H2,1,3H3,(H,26,29)/t15?,16-,17-,18-,19-,20+/m1/s1. The van der Waals surface area contributed by atoms with Gasteiger partial charge in [-0.15, -0.1) is 6.58 Å². The van der Waals surface area contributed by atoms with Gasteiger partial charge in [0.1, 0.15) is 24.4 Å². The van der Waals surface area contributed by atoms with E-state index in [4.69, 9.17) is 18.9 Å². The summed E-state index contributed by atoms with van der Waals surface area (Å²) in [4.78, 5) is 11.6. The number of hydrogen-bond donors (Lipinski definition) is 3. The number of carbonyl (C=O) groups is 1. The second-order valence-electron chi connectivity index (χ2n) is 8.02. The first-order chi connectivity index (χ1) is 15.7. The molecule has 11 heteroatoms. The van der Waals surface area contributed by atoms with E-state index in [1.54, 1.807) is 12.4 Å². The van der Waals surface area contributed by atoms with Crippen LogP contribution in [0.25, 0.3) is 0 Å². The molecule has 1 heterocycles. The molecule has 0 radical (unpaired) electrons. The van der Waals surface area contributed by atoms with Crippen molar-refractivity contribution in [3.63, 3.8) is 0 Å². The van der Waals surface area contributed by atoms with Crippen LogP contribution in [0.1, 0.15) is 51.9 Å². The van der Waals surface area contributed by atoms with E-state index in [2.05, 4.69) is 13.5 Å². The monoisotopic (exact) mass is 485 g/mol. The number of methoxy groups -OCH3 is 1. The van der Waals surface area contributed by atoms with Crippen molar-refractivity contribution < 1.29 is 47.1 Å². The lowest BCUT2D eigenvalue weighted by atomic mass is 9.96. The largest absolute Gasteiger partial charge is 0.471 e. The zero-order chi connectivity index (χ0) is 24.9. The number of halogens is 3. The van der Waals surface area contributed by atoms with Crippen molar-refractivity contribution in [2.75, 3.05) is 26.9 Å². The molecule has 1 aliphatic heterocycles. The van der Waals surface area contributed by atoms with Gasteiger partial charge < -0.3 is 34.5 Å². The molecule has 3 N–H and O–H groups in total. The van der Waals surface area contributed by atoms with Crippen LogP contribution in [0.3, 0.4) is 0 Å². The fourth-order valence-corrected chi connectivity index (χ4v) is 3.65. The highest BCUT2D eigenvalue weighted by Crippen LogP contribution is 2.26. The van der Waals surface area contributed by atoms with Crippen LogP contribution < -0.4 is 5.32 Å². The average Bonchev–Trinajstić information content (AvgIpc) is 2.78. The van der Waals surface area contributed by atoms with Crippen molar-refractivity contribution in [1.82, 2.24) is 5.32 Å². The van der Waals surface area contributed by atoms with E-state index in [9.17, 15) is 28.2 Å². The molecule has 1 unspecified atom stereocenters. The first-order valence-corrected chi connectivity index (χ1v) is 11.4. The van der Waals surface area contributed by atoms with Crippen molar-refractivity contribution in [3.8, 4) is 0 Å². The van der Waals surface area contributed by atoms with Gasteiger partial charge in [-0.25, -0.2) is 0 Å². The maximum atomic E-state index is 12.9. The first kappa shape index (κ1) is 29.8. The van der Waals surface area contributed by atoms with Gasteiger partial charge in [0.15, 0.2) is 6.29 Å². The van der Waals surface area contributed by atoms with Crippen molar-refractivity contribution in [3.05, 3.63) is 12.7 Å². The summed E-state index contributed by atoms with van der Waals surface area (Å²) in [5.74, 6) is -2.21. The maximum Gasteiger partial charge on any atom is 0.471 e. The number of unbranched alkanes of at least 4 members (excludes halogenated alkanes) is 4. The van der Waals surface area contributed by atoms with Crippen LogP contribution in [-0.4, -0.2) is 86.0 Å². The smallest absolute Gasteiger partial charge is 0.394 e. The third-order valence-electron chi connectivity index (χ3n) is 5.50. The molecular weight excluding hydrogens is 447 g/mol. The highest BCUT2D eigenvalue weighted by Gasteiger charge is 2.50. The van der Waals surface area contributed by atoms with Crippen molar-refractivity contribution in [2.24, 2.45) is 0 Å². The third-order valence-corrected chi connectivity index (χ3v) is 5.50. The Morgan fingerprint density at radius 3 is 2.48 bits per heavy atom. The molecule has 0 bridgehead atoms. The van der Waals surface area contributed by atoms with Crippen LogP contribution in [0, 0.1) is 0 Å². The summed E-state index contributed by atoms with van der Waals surface area (Å²) >= 11 is 0. The molecule has 1 amide bonds. The van der Waals surface area contributed by atoms with Crippen LogP contribution in [0.5, 0.6) is 0 Å². The number of carbonyl (C=O) groups excluding carboxylic acids is 1. The lowest BCUT2D eigenvalue weighted by Gasteiger charge is -2.44. The summed E-state index contributed by atoms with van der Waals surface area (Å²) < 4.78 is 60.6. The molecule has 1 rings (SSSR count). The van der Waals surface area contributed by atoms with Crippen LogP contribution in [0.2, 0.25) is 0 Å². The van der Waals surface area contributed by atoms with Crippen LogP contribution in [0.15, 0.2) is 12.7 Å². The van der Waals surface area contributed by atoms with Crippen molar-refractivity contribution in [2.45, 2.75) is 94.8 Å². The Labute approximate surface area is 193 Å². The fraction of sp³-hybridized carbons (Fsp3) is 0.864. The van der Waals surface area contributed by atoms with E-state index >= 15 is 0 Å². The number of alkyl halides is 3. The molecule has 0 spiro atoms. The third kappa shape index (κ3) is 10.3. The minimum absolute atomic E-state index is 0.0555. The highest BCUT2D eigenvalue weighted by atomic mass is 19.4. The lowest BCUT2D eigenvalue weighted by molar-refractivity contribution is -0.276. The summed E-state index contributed by atoms with van der Waals surface area (Å²) in [5, 5.41) is 21.9. The zero-order valence-corrected chi connectivity index (χ0v) is 19.4. The minimum atomic E-state index is -5.15. The summed E-state index contributed by atoms with van der Waals surface area (Å²) in [5.41, 5.74) is 0. The molecule has 33 heavy (non-hydrogen) atoms. The van der Waals surface area contributed by atoms with E-state index in [0.717, 1.165) is 32.1 Å². The highest BCUT2D eigenvalue weighted by molar-refractivity contribution is 5.82. The van der Waals surface area contributed by atoms with E-state index in [1.807, 2.05) is 0 Å². The Bertz CT molecular complexity index is 565. The van der Waals surface area contributed by atoms with Gasteiger partial charge in [0.25, 0.3) is 0 Å². The van der Waals surface area contributed by atoms with Crippen molar-refractivity contribution in [1.29, 1.82) is 0 Å². The molecule has 194 valence electrons. The predicted molar refractivity (Wildman–Crippen MR) is 114 cm³/mol. The molecule has 6 atom stereocenters. The average molecular weight is 486 g/mol. The fourth-order valence-electron chi connectivity index (χ4n) is 3.65. The topological polar surface area (TPSA) is 106 Å². The Balaban J connectivity index is 2.83. The molecule has 0 aliphatic carbocycles. The van der Waals surface area contributed by atoms with Gasteiger partial charge in [0.05, 0.1) is 19.3 Å². The lowest BCUT2D eigenvalue weighted by Crippen LogP contribution is -2.66. The number of aliphatic hydroxyl groups is 2. The predicted octanol–water partition coefficient (Wildman–Crippen LogP) is 2.46. The summed E-state index contributed by atoms with van der Waals surface area (Å²) in [6.45, 7) is 4.96. The van der Waals surface area contributed by atoms with Gasteiger partial charge in [-0.3, -0.25) is 4.79 Å². The molecule has 8 nitrogen and oxygen atoms in total. The Morgan fingerprint density at radius 1 is 1.21 bits per heavy atom. The molecule has 0 aromatic heterocycles. The first-order valence-electron chi connectivity index (χ1n) is 11.4.